The summed E-state index contributed by atoms with van der Waals surface area (Å²) in [5, 5.41) is 3.04. The molecule has 0 aromatic heterocycles. The van der Waals surface area contributed by atoms with Gasteiger partial charge in [0.2, 0.25) is 5.91 Å². The van der Waals surface area contributed by atoms with Crippen molar-refractivity contribution in [2.24, 2.45) is 0 Å². The maximum absolute atomic E-state index is 12.4. The molecule has 1 amide bonds. The molecule has 0 unspecified atom stereocenters. The molecule has 1 fully saturated rings. The lowest BCUT2D eigenvalue weighted by atomic mass is 9.84. The van der Waals surface area contributed by atoms with Crippen LogP contribution in [-0.2, 0) is 11.3 Å². The second-order valence-electron chi connectivity index (χ2n) is 7.29. The zero-order valence-electron chi connectivity index (χ0n) is 15.8. The van der Waals surface area contributed by atoms with Gasteiger partial charge in [0.25, 0.3) is 0 Å². The van der Waals surface area contributed by atoms with Gasteiger partial charge in [0.1, 0.15) is 0 Å². The number of nitrogens with zero attached hydrogens (tertiary/aromatic N) is 1. The number of benzene rings is 2. The number of likely N-dealkylation sites (N-methyl/N-ethyl adjacent to an activating group) is 1. The highest BCUT2D eigenvalue weighted by atomic mass is 16.2. The number of amides is 1. The van der Waals surface area contributed by atoms with Crippen LogP contribution >= 0.6 is 0 Å². The van der Waals surface area contributed by atoms with Crippen LogP contribution in [0.25, 0.3) is 0 Å². The molecule has 0 aliphatic heterocycles. The predicted octanol–water partition coefficient (Wildman–Crippen LogP) is 5.19. The summed E-state index contributed by atoms with van der Waals surface area (Å²) in [4.78, 5) is 14.6. The molecule has 26 heavy (non-hydrogen) atoms. The molecule has 2 aromatic rings. The number of carbonyl (C=O) groups is 1. The van der Waals surface area contributed by atoms with Crippen molar-refractivity contribution in [3.63, 3.8) is 0 Å². The van der Waals surface area contributed by atoms with Gasteiger partial charge in [-0.1, -0.05) is 68.7 Å². The number of hydrogen-bond acceptors (Lipinski definition) is 2. The van der Waals surface area contributed by atoms with Crippen LogP contribution in [0.4, 0.5) is 5.69 Å². The van der Waals surface area contributed by atoms with Gasteiger partial charge in [0, 0.05) is 12.2 Å². The lowest BCUT2D eigenvalue weighted by molar-refractivity contribution is -0.117. The zero-order valence-corrected chi connectivity index (χ0v) is 15.8. The summed E-state index contributed by atoms with van der Waals surface area (Å²) < 4.78 is 0. The number of nitrogens with one attached hydrogen (secondary N) is 1. The summed E-state index contributed by atoms with van der Waals surface area (Å²) in [6.45, 7) is 4.15. The Morgan fingerprint density at radius 1 is 1.00 bits per heavy atom. The Morgan fingerprint density at radius 3 is 2.35 bits per heavy atom. The van der Waals surface area contributed by atoms with Gasteiger partial charge >= 0.3 is 0 Å². The Hall–Kier alpha value is -2.13. The SMILES string of the molecule is CCN(CC(=O)Nc1ccc(C2CCCCC2)cc1)Cc1ccccc1. The highest BCUT2D eigenvalue weighted by Gasteiger charge is 2.15. The third kappa shape index (κ3) is 5.43. The van der Waals surface area contributed by atoms with Crippen molar-refractivity contribution >= 4 is 11.6 Å². The third-order valence-corrected chi connectivity index (χ3v) is 5.33. The van der Waals surface area contributed by atoms with Crippen molar-refractivity contribution in [3.05, 3.63) is 65.7 Å². The van der Waals surface area contributed by atoms with Crippen LogP contribution in [0.5, 0.6) is 0 Å². The second kappa shape index (κ2) is 9.54. The molecule has 1 saturated carbocycles. The number of anilines is 1. The molecule has 1 N–H and O–H groups in total. The first-order valence-electron chi connectivity index (χ1n) is 9.90. The summed E-state index contributed by atoms with van der Waals surface area (Å²) in [6.07, 6.45) is 6.67. The summed E-state index contributed by atoms with van der Waals surface area (Å²) in [5.74, 6) is 0.753. The van der Waals surface area contributed by atoms with E-state index in [1.54, 1.807) is 0 Å². The smallest absolute Gasteiger partial charge is 0.238 e. The average molecular weight is 351 g/mol. The number of carbonyl (C=O) groups excluding carboxylic acids is 1. The van der Waals surface area contributed by atoms with E-state index in [-0.39, 0.29) is 5.91 Å². The van der Waals surface area contributed by atoms with Crippen LogP contribution in [0, 0.1) is 0 Å². The molecular weight excluding hydrogens is 320 g/mol. The molecule has 0 saturated heterocycles. The van der Waals surface area contributed by atoms with Gasteiger partial charge in [0.15, 0.2) is 0 Å². The van der Waals surface area contributed by atoms with Crippen LogP contribution in [0.2, 0.25) is 0 Å². The fraction of sp³-hybridized carbons (Fsp3) is 0.435. The number of hydrogen-bond donors (Lipinski definition) is 1. The van der Waals surface area contributed by atoms with Crippen LogP contribution in [0.1, 0.15) is 56.1 Å². The van der Waals surface area contributed by atoms with Crippen molar-refractivity contribution in [2.45, 2.75) is 51.5 Å². The van der Waals surface area contributed by atoms with E-state index in [9.17, 15) is 4.79 Å². The van der Waals surface area contributed by atoms with Gasteiger partial charge in [0.05, 0.1) is 6.54 Å². The predicted molar refractivity (Wildman–Crippen MR) is 108 cm³/mol. The zero-order chi connectivity index (χ0) is 18.2. The van der Waals surface area contributed by atoms with Gasteiger partial charge in [-0.3, -0.25) is 9.69 Å². The molecule has 3 heteroatoms. The van der Waals surface area contributed by atoms with Gasteiger partial charge in [-0.25, -0.2) is 0 Å². The average Bonchev–Trinajstić information content (AvgIpc) is 2.69. The fourth-order valence-corrected chi connectivity index (χ4v) is 3.80. The van der Waals surface area contributed by atoms with E-state index >= 15 is 0 Å². The molecular formula is C23H30N2O. The van der Waals surface area contributed by atoms with E-state index in [1.807, 2.05) is 18.2 Å². The quantitative estimate of drug-likeness (QED) is 0.745. The molecule has 1 aliphatic carbocycles. The summed E-state index contributed by atoms with van der Waals surface area (Å²) in [6, 6.07) is 18.8. The first-order chi connectivity index (χ1) is 12.7. The molecule has 2 aromatic carbocycles. The molecule has 0 radical (unpaired) electrons. The minimum Gasteiger partial charge on any atom is -0.325 e. The van der Waals surface area contributed by atoms with Crippen molar-refractivity contribution in [2.75, 3.05) is 18.4 Å². The van der Waals surface area contributed by atoms with E-state index in [1.165, 1.54) is 43.2 Å². The van der Waals surface area contributed by atoms with Crippen LogP contribution in [-0.4, -0.2) is 23.9 Å². The normalized spacial score (nSPS) is 15.2. The van der Waals surface area contributed by atoms with E-state index < -0.39 is 0 Å². The first kappa shape index (κ1) is 18.7. The van der Waals surface area contributed by atoms with Crippen molar-refractivity contribution in [1.82, 2.24) is 4.90 Å². The van der Waals surface area contributed by atoms with E-state index in [4.69, 9.17) is 0 Å². The topological polar surface area (TPSA) is 32.3 Å². The lowest BCUT2D eigenvalue weighted by Crippen LogP contribution is -2.32. The molecule has 138 valence electrons. The van der Waals surface area contributed by atoms with Crippen LogP contribution in [0.3, 0.4) is 0 Å². The van der Waals surface area contributed by atoms with Crippen LogP contribution in [0.15, 0.2) is 54.6 Å². The van der Waals surface area contributed by atoms with E-state index in [0.717, 1.165) is 18.8 Å². The van der Waals surface area contributed by atoms with E-state index in [2.05, 4.69) is 53.5 Å². The van der Waals surface area contributed by atoms with Crippen molar-refractivity contribution in [1.29, 1.82) is 0 Å². The maximum atomic E-state index is 12.4. The largest absolute Gasteiger partial charge is 0.325 e. The lowest BCUT2D eigenvalue weighted by Gasteiger charge is -2.22. The monoisotopic (exact) mass is 350 g/mol. The molecule has 1 aliphatic rings. The summed E-state index contributed by atoms with van der Waals surface area (Å²) >= 11 is 0. The Labute approximate surface area is 157 Å². The standard InChI is InChI=1S/C23H30N2O/c1-2-25(17-19-9-5-3-6-10-19)18-23(26)24-22-15-13-21(14-16-22)20-11-7-4-8-12-20/h3,5-6,9-10,13-16,20H,2,4,7-8,11-12,17-18H2,1H3,(H,24,26). The Kier molecular flexibility index (Phi) is 6.84. The third-order valence-electron chi connectivity index (χ3n) is 5.33. The first-order valence-corrected chi connectivity index (χ1v) is 9.90. The van der Waals surface area contributed by atoms with E-state index in [0.29, 0.717) is 12.5 Å². The highest BCUT2D eigenvalue weighted by Crippen LogP contribution is 2.32. The van der Waals surface area contributed by atoms with Gasteiger partial charge < -0.3 is 5.32 Å². The highest BCUT2D eigenvalue weighted by molar-refractivity contribution is 5.92. The summed E-state index contributed by atoms with van der Waals surface area (Å²) in [5.41, 5.74) is 3.55. The van der Waals surface area contributed by atoms with Crippen molar-refractivity contribution < 1.29 is 4.79 Å². The van der Waals surface area contributed by atoms with Gasteiger partial charge in [-0.15, -0.1) is 0 Å². The second-order valence-corrected chi connectivity index (χ2v) is 7.29. The minimum absolute atomic E-state index is 0.0493. The molecule has 3 nitrogen and oxygen atoms in total. The van der Waals surface area contributed by atoms with Gasteiger partial charge in [-0.2, -0.15) is 0 Å². The Morgan fingerprint density at radius 2 is 1.69 bits per heavy atom. The maximum Gasteiger partial charge on any atom is 0.238 e. The molecule has 0 bridgehead atoms. The summed E-state index contributed by atoms with van der Waals surface area (Å²) in [7, 11) is 0. The number of rotatable bonds is 7. The fourth-order valence-electron chi connectivity index (χ4n) is 3.80. The minimum atomic E-state index is 0.0493. The van der Waals surface area contributed by atoms with Crippen molar-refractivity contribution in [3.8, 4) is 0 Å². The van der Waals surface area contributed by atoms with Gasteiger partial charge in [-0.05, 0) is 48.6 Å². The molecule has 3 rings (SSSR count). The Bertz CT molecular complexity index is 675. The molecule has 0 spiro atoms. The Balaban J connectivity index is 1.51. The molecule has 0 atom stereocenters. The molecule has 0 heterocycles. The van der Waals surface area contributed by atoms with Crippen LogP contribution < -0.4 is 5.32 Å².